The van der Waals surface area contributed by atoms with E-state index in [1.54, 1.807) is 24.4 Å². The van der Waals surface area contributed by atoms with Gasteiger partial charge in [-0.05, 0) is 49.2 Å². The fourth-order valence-electron chi connectivity index (χ4n) is 4.77. The summed E-state index contributed by atoms with van der Waals surface area (Å²) in [6.45, 7) is 4.25. The Morgan fingerprint density at radius 3 is 2.63 bits per heavy atom. The van der Waals surface area contributed by atoms with Gasteiger partial charge in [-0.25, -0.2) is 4.98 Å². The summed E-state index contributed by atoms with van der Waals surface area (Å²) in [7, 11) is 0. The molecule has 2 aromatic heterocycles. The number of rotatable bonds is 5. The molecule has 0 bridgehead atoms. The van der Waals surface area contributed by atoms with Crippen LogP contribution in [0.25, 0.3) is 11.3 Å². The van der Waals surface area contributed by atoms with Crippen molar-refractivity contribution in [1.82, 2.24) is 14.9 Å². The quantitative estimate of drug-likeness (QED) is 0.614. The van der Waals surface area contributed by atoms with Crippen LogP contribution in [0.2, 0.25) is 0 Å². The van der Waals surface area contributed by atoms with Gasteiger partial charge in [0.05, 0.1) is 18.9 Å². The highest BCUT2D eigenvalue weighted by atomic mass is 16.5. The summed E-state index contributed by atoms with van der Waals surface area (Å²) in [4.78, 5) is 38.4. The van der Waals surface area contributed by atoms with Crippen molar-refractivity contribution >= 4 is 17.6 Å². The zero-order valence-electron chi connectivity index (χ0n) is 19.6. The normalized spacial score (nSPS) is 18.3. The third-order valence-electron chi connectivity index (χ3n) is 6.67. The molecule has 1 atom stereocenters. The van der Waals surface area contributed by atoms with E-state index in [1.807, 2.05) is 41.3 Å². The van der Waals surface area contributed by atoms with Gasteiger partial charge in [0.1, 0.15) is 5.82 Å². The highest BCUT2D eigenvalue weighted by Gasteiger charge is 2.27. The van der Waals surface area contributed by atoms with Crippen LogP contribution in [0.4, 0.5) is 5.82 Å². The molecule has 180 valence electrons. The molecule has 2 aliphatic heterocycles. The number of nitrogens with zero attached hydrogens (tertiary/aromatic N) is 4. The van der Waals surface area contributed by atoms with Gasteiger partial charge in [0, 0.05) is 60.7 Å². The molecule has 1 aromatic carbocycles. The molecule has 8 nitrogen and oxygen atoms in total. The number of anilines is 1. The number of aromatic nitrogens is 2. The smallest absolute Gasteiger partial charge is 0.254 e. The van der Waals surface area contributed by atoms with Crippen LogP contribution in [0, 0.1) is 0 Å². The minimum absolute atomic E-state index is 0.0249. The predicted octanol–water partition coefficient (Wildman–Crippen LogP) is 3.10. The number of amides is 2. The van der Waals surface area contributed by atoms with Crippen molar-refractivity contribution in [2.75, 3.05) is 44.3 Å². The molecule has 3 aromatic rings. The van der Waals surface area contributed by atoms with E-state index >= 15 is 0 Å². The highest BCUT2D eigenvalue weighted by molar-refractivity contribution is 5.95. The molecule has 0 spiro atoms. The summed E-state index contributed by atoms with van der Waals surface area (Å²) in [5.41, 5.74) is 9.15. The number of primary amides is 1. The molecule has 8 heteroatoms. The zero-order chi connectivity index (χ0) is 24.2. The van der Waals surface area contributed by atoms with Crippen molar-refractivity contribution in [3.8, 4) is 11.3 Å². The minimum Gasteiger partial charge on any atom is -0.378 e. The van der Waals surface area contributed by atoms with Gasteiger partial charge in [-0.2, -0.15) is 0 Å². The second-order valence-electron chi connectivity index (χ2n) is 8.99. The molecule has 2 N–H and O–H groups in total. The van der Waals surface area contributed by atoms with Gasteiger partial charge in [-0.15, -0.1) is 0 Å². The van der Waals surface area contributed by atoms with Crippen LogP contribution in [0.15, 0.2) is 60.8 Å². The number of ether oxygens (including phenoxy) is 1. The molecule has 0 aliphatic carbocycles. The molecule has 2 amide bonds. The first-order chi connectivity index (χ1) is 17.1. The van der Waals surface area contributed by atoms with E-state index in [2.05, 4.69) is 9.88 Å². The number of carbonyl (C=O) groups is 2. The molecule has 2 fully saturated rings. The molecule has 2 saturated heterocycles. The van der Waals surface area contributed by atoms with Crippen LogP contribution in [0.3, 0.4) is 0 Å². The van der Waals surface area contributed by atoms with E-state index in [-0.39, 0.29) is 11.8 Å². The first-order valence-corrected chi connectivity index (χ1v) is 12.0. The maximum Gasteiger partial charge on any atom is 0.254 e. The Balaban J connectivity index is 1.32. The van der Waals surface area contributed by atoms with E-state index in [0.29, 0.717) is 30.9 Å². The molecule has 2 aliphatic rings. The van der Waals surface area contributed by atoms with Crippen LogP contribution in [0.5, 0.6) is 0 Å². The van der Waals surface area contributed by atoms with Gasteiger partial charge in [-0.1, -0.05) is 18.2 Å². The van der Waals surface area contributed by atoms with Gasteiger partial charge >= 0.3 is 0 Å². The van der Waals surface area contributed by atoms with Crippen molar-refractivity contribution in [3.63, 3.8) is 0 Å². The molecule has 5 rings (SSSR count). The van der Waals surface area contributed by atoms with Crippen LogP contribution in [-0.2, 0) is 4.74 Å². The van der Waals surface area contributed by atoms with Gasteiger partial charge in [0.25, 0.3) is 5.91 Å². The van der Waals surface area contributed by atoms with E-state index < -0.39 is 5.91 Å². The lowest BCUT2D eigenvalue weighted by Gasteiger charge is -2.33. The van der Waals surface area contributed by atoms with Crippen molar-refractivity contribution in [3.05, 3.63) is 77.6 Å². The lowest BCUT2D eigenvalue weighted by molar-refractivity contribution is 0.0705. The molecule has 4 heterocycles. The molecule has 35 heavy (non-hydrogen) atoms. The van der Waals surface area contributed by atoms with Crippen LogP contribution in [-0.4, -0.2) is 66.1 Å². The van der Waals surface area contributed by atoms with Gasteiger partial charge < -0.3 is 20.3 Å². The Bertz CT molecular complexity index is 1220. The number of piperidine rings is 1. The van der Waals surface area contributed by atoms with Crippen LogP contribution >= 0.6 is 0 Å². The minimum atomic E-state index is -0.461. The summed E-state index contributed by atoms with van der Waals surface area (Å²) in [5.74, 6) is 0.530. The van der Waals surface area contributed by atoms with E-state index in [9.17, 15) is 9.59 Å². The number of morpholine rings is 1. The average molecular weight is 472 g/mol. The van der Waals surface area contributed by atoms with E-state index in [1.165, 1.54) is 0 Å². The molecule has 0 saturated carbocycles. The topological polar surface area (TPSA) is 102 Å². The Morgan fingerprint density at radius 1 is 0.971 bits per heavy atom. The van der Waals surface area contributed by atoms with Crippen molar-refractivity contribution in [2.24, 2.45) is 5.73 Å². The Hall–Kier alpha value is -3.78. The summed E-state index contributed by atoms with van der Waals surface area (Å²) in [6.07, 6.45) is 3.60. The maximum absolute atomic E-state index is 13.4. The zero-order valence-corrected chi connectivity index (χ0v) is 19.6. The SMILES string of the molecule is NC(=O)c1cccc(-c2cccc(C3CCCN(C(=O)c4ccnc(N5CCOCC5)c4)C3)n2)c1. The largest absolute Gasteiger partial charge is 0.378 e. The van der Waals surface area contributed by atoms with E-state index in [0.717, 1.165) is 55.2 Å². The van der Waals surface area contributed by atoms with Gasteiger partial charge in [0.15, 0.2) is 0 Å². The molecular weight excluding hydrogens is 442 g/mol. The maximum atomic E-state index is 13.4. The van der Waals surface area contributed by atoms with E-state index in [4.69, 9.17) is 15.5 Å². The standard InChI is InChI=1S/C27H29N5O3/c28-26(33)20-5-1-4-19(16-20)23-7-2-8-24(30-23)22-6-3-11-32(18-22)27(34)21-9-10-29-25(17-21)31-12-14-35-15-13-31/h1-2,4-5,7-10,16-17,22H,3,6,11-15,18H2,(H2,28,33). The Kier molecular flexibility index (Phi) is 6.72. The monoisotopic (exact) mass is 471 g/mol. The number of hydrogen-bond donors (Lipinski definition) is 1. The second kappa shape index (κ2) is 10.2. The van der Waals surface area contributed by atoms with Crippen LogP contribution in [0.1, 0.15) is 45.2 Å². The lowest BCUT2D eigenvalue weighted by atomic mass is 9.93. The summed E-state index contributed by atoms with van der Waals surface area (Å²) in [5, 5.41) is 0. The number of hydrogen-bond acceptors (Lipinski definition) is 6. The number of likely N-dealkylation sites (tertiary alicyclic amines) is 1. The highest BCUT2D eigenvalue weighted by Crippen LogP contribution is 2.29. The van der Waals surface area contributed by atoms with Crippen molar-refractivity contribution < 1.29 is 14.3 Å². The number of carbonyl (C=O) groups excluding carboxylic acids is 2. The molecule has 1 unspecified atom stereocenters. The Morgan fingerprint density at radius 2 is 1.80 bits per heavy atom. The average Bonchev–Trinajstić information content (AvgIpc) is 2.93. The summed E-state index contributed by atoms with van der Waals surface area (Å²) >= 11 is 0. The third kappa shape index (κ3) is 5.17. The van der Waals surface area contributed by atoms with Gasteiger partial charge in [-0.3, -0.25) is 14.6 Å². The fourth-order valence-corrected chi connectivity index (χ4v) is 4.77. The third-order valence-corrected chi connectivity index (χ3v) is 6.67. The molecule has 0 radical (unpaired) electrons. The molecular formula is C27H29N5O3. The van der Waals surface area contributed by atoms with Crippen molar-refractivity contribution in [1.29, 1.82) is 0 Å². The first-order valence-electron chi connectivity index (χ1n) is 12.0. The predicted molar refractivity (Wildman–Crippen MR) is 133 cm³/mol. The number of benzene rings is 1. The summed E-state index contributed by atoms with van der Waals surface area (Å²) < 4.78 is 5.43. The first kappa shape index (κ1) is 23.0. The van der Waals surface area contributed by atoms with Gasteiger partial charge in [0.2, 0.25) is 5.91 Å². The number of pyridine rings is 2. The fraction of sp³-hybridized carbons (Fsp3) is 0.333. The lowest BCUT2D eigenvalue weighted by Crippen LogP contribution is -2.40. The summed E-state index contributed by atoms with van der Waals surface area (Å²) in [6, 6.07) is 16.8. The van der Waals surface area contributed by atoms with Crippen LogP contribution < -0.4 is 10.6 Å². The Labute approximate surface area is 204 Å². The van der Waals surface area contributed by atoms with Crippen molar-refractivity contribution in [2.45, 2.75) is 18.8 Å². The second-order valence-corrected chi connectivity index (χ2v) is 8.99. The number of nitrogens with two attached hydrogens (primary N) is 1.